The largest absolute Gasteiger partial charge is 0.380 e. The minimum absolute atomic E-state index is 0.923. The SMILES string of the molecule is CNCCCCCOCCN1CCCCC1. The molecule has 0 spiro atoms. The number of hydrogen-bond donors (Lipinski definition) is 1. The third-order valence-electron chi connectivity index (χ3n) is 3.22. The lowest BCUT2D eigenvalue weighted by atomic mass is 10.1. The molecule has 1 N–H and O–H groups in total. The first kappa shape index (κ1) is 13.9. The number of unbranched alkanes of at least 4 members (excludes halogenated alkanes) is 2. The molecular weight excluding hydrogens is 200 g/mol. The van der Waals surface area contributed by atoms with E-state index in [4.69, 9.17) is 4.74 Å². The average Bonchev–Trinajstić information content (AvgIpc) is 2.34. The Kier molecular flexibility index (Phi) is 8.77. The lowest BCUT2D eigenvalue weighted by Crippen LogP contribution is -2.32. The van der Waals surface area contributed by atoms with Crippen LogP contribution < -0.4 is 5.32 Å². The number of likely N-dealkylation sites (tertiary alicyclic amines) is 1. The van der Waals surface area contributed by atoms with Gasteiger partial charge in [0.1, 0.15) is 0 Å². The number of rotatable bonds is 9. The zero-order valence-corrected chi connectivity index (χ0v) is 10.8. The molecule has 96 valence electrons. The molecular formula is C13H28N2O. The summed E-state index contributed by atoms with van der Waals surface area (Å²) in [6.45, 7) is 6.70. The molecule has 0 aromatic heterocycles. The van der Waals surface area contributed by atoms with Gasteiger partial charge in [0.15, 0.2) is 0 Å². The fourth-order valence-electron chi connectivity index (χ4n) is 2.16. The van der Waals surface area contributed by atoms with Crippen LogP contribution in [0.4, 0.5) is 0 Å². The lowest BCUT2D eigenvalue weighted by Gasteiger charge is -2.26. The highest BCUT2D eigenvalue weighted by Crippen LogP contribution is 2.07. The number of piperidine rings is 1. The second kappa shape index (κ2) is 10.1. The van der Waals surface area contributed by atoms with Crippen molar-refractivity contribution in [3.63, 3.8) is 0 Å². The van der Waals surface area contributed by atoms with Crippen LogP contribution in [-0.2, 0) is 4.74 Å². The highest BCUT2D eigenvalue weighted by atomic mass is 16.5. The smallest absolute Gasteiger partial charge is 0.0593 e. The molecule has 1 heterocycles. The van der Waals surface area contributed by atoms with E-state index in [0.717, 1.165) is 26.3 Å². The topological polar surface area (TPSA) is 24.5 Å². The molecule has 1 rings (SSSR count). The van der Waals surface area contributed by atoms with Crippen molar-refractivity contribution in [1.29, 1.82) is 0 Å². The van der Waals surface area contributed by atoms with Crippen molar-refractivity contribution in [3.05, 3.63) is 0 Å². The second-order valence-corrected chi connectivity index (χ2v) is 4.68. The van der Waals surface area contributed by atoms with E-state index in [-0.39, 0.29) is 0 Å². The zero-order chi connectivity index (χ0) is 11.5. The maximum absolute atomic E-state index is 5.65. The van der Waals surface area contributed by atoms with Gasteiger partial charge in [0.05, 0.1) is 6.61 Å². The van der Waals surface area contributed by atoms with Crippen molar-refractivity contribution in [3.8, 4) is 0 Å². The number of nitrogens with one attached hydrogen (secondary N) is 1. The van der Waals surface area contributed by atoms with Crippen LogP contribution in [0, 0.1) is 0 Å². The summed E-state index contributed by atoms with van der Waals surface area (Å²) in [5.41, 5.74) is 0. The first-order valence-corrected chi connectivity index (χ1v) is 6.88. The van der Waals surface area contributed by atoms with Crippen molar-refractivity contribution in [1.82, 2.24) is 10.2 Å². The minimum atomic E-state index is 0.923. The van der Waals surface area contributed by atoms with Crippen LogP contribution in [0.15, 0.2) is 0 Å². The van der Waals surface area contributed by atoms with Gasteiger partial charge in [-0.25, -0.2) is 0 Å². The predicted molar refractivity (Wildman–Crippen MR) is 68.9 cm³/mol. The van der Waals surface area contributed by atoms with Crippen LogP contribution in [0.2, 0.25) is 0 Å². The fourth-order valence-corrected chi connectivity index (χ4v) is 2.16. The molecule has 0 unspecified atom stereocenters. The second-order valence-electron chi connectivity index (χ2n) is 4.68. The number of nitrogens with zero attached hydrogens (tertiary/aromatic N) is 1. The molecule has 0 aromatic carbocycles. The van der Waals surface area contributed by atoms with Gasteiger partial charge in [-0.15, -0.1) is 0 Å². The summed E-state index contributed by atoms with van der Waals surface area (Å²) >= 11 is 0. The maximum atomic E-state index is 5.65. The van der Waals surface area contributed by atoms with Crippen LogP contribution >= 0.6 is 0 Å². The molecule has 0 bridgehead atoms. The normalized spacial score (nSPS) is 17.8. The van der Waals surface area contributed by atoms with Crippen LogP contribution in [-0.4, -0.2) is 51.3 Å². The third-order valence-corrected chi connectivity index (χ3v) is 3.22. The molecule has 1 aliphatic heterocycles. The number of hydrogen-bond acceptors (Lipinski definition) is 3. The first-order chi connectivity index (χ1) is 7.93. The number of ether oxygens (including phenoxy) is 1. The Morgan fingerprint density at radius 1 is 1.00 bits per heavy atom. The molecule has 0 atom stereocenters. The van der Waals surface area contributed by atoms with Crippen LogP contribution in [0.25, 0.3) is 0 Å². The molecule has 1 saturated heterocycles. The third kappa shape index (κ3) is 7.20. The summed E-state index contributed by atoms with van der Waals surface area (Å²) in [6, 6.07) is 0. The van der Waals surface area contributed by atoms with Gasteiger partial charge >= 0.3 is 0 Å². The Morgan fingerprint density at radius 3 is 2.56 bits per heavy atom. The van der Waals surface area contributed by atoms with E-state index < -0.39 is 0 Å². The summed E-state index contributed by atoms with van der Waals surface area (Å²) in [4.78, 5) is 2.53. The molecule has 3 heteroatoms. The van der Waals surface area contributed by atoms with Gasteiger partial charge in [0.2, 0.25) is 0 Å². The predicted octanol–water partition coefficient (Wildman–Crippen LogP) is 1.88. The van der Waals surface area contributed by atoms with Gasteiger partial charge in [0, 0.05) is 13.2 Å². The van der Waals surface area contributed by atoms with E-state index in [0.29, 0.717) is 0 Å². The van der Waals surface area contributed by atoms with Crippen molar-refractivity contribution in [2.24, 2.45) is 0 Å². The average molecular weight is 228 g/mol. The maximum Gasteiger partial charge on any atom is 0.0593 e. The minimum Gasteiger partial charge on any atom is -0.380 e. The first-order valence-electron chi connectivity index (χ1n) is 6.88. The lowest BCUT2D eigenvalue weighted by molar-refractivity contribution is 0.0939. The van der Waals surface area contributed by atoms with Gasteiger partial charge in [-0.1, -0.05) is 6.42 Å². The van der Waals surface area contributed by atoms with Crippen LogP contribution in [0.5, 0.6) is 0 Å². The molecule has 0 aromatic rings. The highest BCUT2D eigenvalue weighted by molar-refractivity contribution is 4.63. The van der Waals surface area contributed by atoms with Crippen LogP contribution in [0.3, 0.4) is 0 Å². The van der Waals surface area contributed by atoms with Crippen molar-refractivity contribution < 1.29 is 4.74 Å². The Labute approximate surface area is 101 Å². The Balaban J connectivity index is 1.77. The molecule has 0 aliphatic carbocycles. The summed E-state index contributed by atoms with van der Waals surface area (Å²) < 4.78 is 5.65. The molecule has 0 amide bonds. The van der Waals surface area contributed by atoms with Gasteiger partial charge in [-0.3, -0.25) is 0 Å². The Bertz CT molecular complexity index is 147. The molecule has 0 radical (unpaired) electrons. The van der Waals surface area contributed by atoms with Crippen LogP contribution in [0.1, 0.15) is 38.5 Å². The quantitative estimate of drug-likeness (QED) is 0.610. The molecule has 1 aliphatic rings. The van der Waals surface area contributed by atoms with E-state index in [9.17, 15) is 0 Å². The van der Waals surface area contributed by atoms with Gasteiger partial charge in [0.25, 0.3) is 0 Å². The van der Waals surface area contributed by atoms with Crippen molar-refractivity contribution in [2.75, 3.05) is 46.4 Å². The molecule has 0 saturated carbocycles. The summed E-state index contributed by atoms with van der Waals surface area (Å²) in [5.74, 6) is 0. The Hall–Kier alpha value is -0.120. The van der Waals surface area contributed by atoms with E-state index in [2.05, 4.69) is 10.2 Å². The monoisotopic (exact) mass is 228 g/mol. The van der Waals surface area contributed by atoms with E-state index >= 15 is 0 Å². The summed E-state index contributed by atoms with van der Waals surface area (Å²) in [6.07, 6.45) is 7.94. The van der Waals surface area contributed by atoms with E-state index in [1.54, 1.807) is 0 Å². The van der Waals surface area contributed by atoms with E-state index in [1.165, 1.54) is 51.6 Å². The Morgan fingerprint density at radius 2 is 1.81 bits per heavy atom. The molecule has 16 heavy (non-hydrogen) atoms. The van der Waals surface area contributed by atoms with E-state index in [1.807, 2.05) is 7.05 Å². The van der Waals surface area contributed by atoms with Gasteiger partial charge in [-0.2, -0.15) is 0 Å². The van der Waals surface area contributed by atoms with Gasteiger partial charge < -0.3 is 15.0 Å². The zero-order valence-electron chi connectivity index (χ0n) is 10.8. The van der Waals surface area contributed by atoms with Crippen molar-refractivity contribution >= 4 is 0 Å². The van der Waals surface area contributed by atoms with Crippen molar-refractivity contribution in [2.45, 2.75) is 38.5 Å². The summed E-state index contributed by atoms with van der Waals surface area (Å²) in [7, 11) is 2.01. The standard InChI is InChI=1S/C13H28N2O/c1-14-8-4-2-7-12-16-13-11-15-9-5-3-6-10-15/h14H,2-13H2,1H3. The highest BCUT2D eigenvalue weighted by Gasteiger charge is 2.08. The molecule has 3 nitrogen and oxygen atoms in total. The van der Waals surface area contributed by atoms with Gasteiger partial charge in [-0.05, 0) is 58.8 Å². The molecule has 1 fully saturated rings. The fraction of sp³-hybridized carbons (Fsp3) is 1.00. The summed E-state index contributed by atoms with van der Waals surface area (Å²) in [5, 5.41) is 3.17.